The number of aliphatic carboxylic acids is 1. The van der Waals surface area contributed by atoms with E-state index in [1.165, 1.54) is 5.32 Å². The van der Waals surface area contributed by atoms with Gasteiger partial charge in [-0.2, -0.15) is 13.2 Å². The standard InChI is InChI=1S/C9H12F3NO4/c10-9(11,12)8(16)13-6(7(14)15)4-5-2-1-3-17-5/h5-6H,1-4H2,(H,13,16)(H,14,15)/t5-,6-/m0/s1. The topological polar surface area (TPSA) is 75.6 Å². The van der Waals surface area contributed by atoms with Crippen LogP contribution in [0.15, 0.2) is 0 Å². The highest BCUT2D eigenvalue weighted by Crippen LogP contribution is 2.19. The van der Waals surface area contributed by atoms with Gasteiger partial charge in [0.25, 0.3) is 0 Å². The van der Waals surface area contributed by atoms with Gasteiger partial charge in [-0.3, -0.25) is 4.79 Å². The molecule has 0 aromatic carbocycles. The monoisotopic (exact) mass is 255 g/mol. The maximum absolute atomic E-state index is 12.0. The molecular weight excluding hydrogens is 243 g/mol. The van der Waals surface area contributed by atoms with Gasteiger partial charge in [-0.15, -0.1) is 0 Å². The molecule has 0 aromatic rings. The molecule has 1 aliphatic heterocycles. The number of carboxylic acids is 1. The van der Waals surface area contributed by atoms with E-state index in [0.717, 1.165) is 6.42 Å². The molecule has 2 N–H and O–H groups in total. The molecule has 2 atom stereocenters. The van der Waals surface area contributed by atoms with Crippen LogP contribution in [0.4, 0.5) is 13.2 Å². The number of halogens is 3. The van der Waals surface area contributed by atoms with E-state index in [-0.39, 0.29) is 6.42 Å². The van der Waals surface area contributed by atoms with Gasteiger partial charge in [0.2, 0.25) is 0 Å². The van der Waals surface area contributed by atoms with Crippen LogP contribution in [0.1, 0.15) is 19.3 Å². The molecule has 1 heterocycles. The van der Waals surface area contributed by atoms with Gasteiger partial charge in [0, 0.05) is 13.0 Å². The van der Waals surface area contributed by atoms with Crippen molar-refractivity contribution in [3.63, 3.8) is 0 Å². The van der Waals surface area contributed by atoms with Gasteiger partial charge in [0.15, 0.2) is 0 Å². The molecule has 0 radical (unpaired) electrons. The molecule has 1 amide bonds. The van der Waals surface area contributed by atoms with Crippen molar-refractivity contribution >= 4 is 11.9 Å². The average Bonchev–Trinajstić information content (AvgIpc) is 2.67. The van der Waals surface area contributed by atoms with Gasteiger partial charge >= 0.3 is 18.1 Å². The second-order valence-corrected chi connectivity index (χ2v) is 3.73. The Morgan fingerprint density at radius 1 is 1.47 bits per heavy atom. The summed E-state index contributed by atoms with van der Waals surface area (Å²) in [6.45, 7) is 0.463. The minimum absolute atomic E-state index is 0.156. The second kappa shape index (κ2) is 5.35. The summed E-state index contributed by atoms with van der Waals surface area (Å²) >= 11 is 0. The summed E-state index contributed by atoms with van der Waals surface area (Å²) in [5.74, 6) is -3.75. The Morgan fingerprint density at radius 3 is 2.53 bits per heavy atom. The minimum Gasteiger partial charge on any atom is -0.480 e. The van der Waals surface area contributed by atoms with Crippen LogP contribution in [-0.2, 0) is 14.3 Å². The third-order valence-corrected chi connectivity index (χ3v) is 2.38. The molecule has 0 spiro atoms. The molecule has 0 saturated carbocycles. The zero-order chi connectivity index (χ0) is 13.1. The van der Waals surface area contributed by atoms with Crippen molar-refractivity contribution in [2.75, 3.05) is 6.61 Å². The van der Waals surface area contributed by atoms with E-state index in [2.05, 4.69) is 0 Å². The van der Waals surface area contributed by atoms with E-state index in [1.54, 1.807) is 0 Å². The van der Waals surface area contributed by atoms with Crippen molar-refractivity contribution in [2.45, 2.75) is 37.6 Å². The molecule has 0 unspecified atom stereocenters. The van der Waals surface area contributed by atoms with E-state index < -0.39 is 30.2 Å². The largest absolute Gasteiger partial charge is 0.480 e. The number of hydrogen-bond acceptors (Lipinski definition) is 3. The zero-order valence-corrected chi connectivity index (χ0v) is 8.79. The Hall–Kier alpha value is -1.31. The number of rotatable bonds is 4. The van der Waals surface area contributed by atoms with Crippen molar-refractivity contribution in [1.29, 1.82) is 0 Å². The average molecular weight is 255 g/mol. The van der Waals surface area contributed by atoms with E-state index in [0.29, 0.717) is 13.0 Å². The lowest BCUT2D eigenvalue weighted by molar-refractivity contribution is -0.175. The van der Waals surface area contributed by atoms with Crippen molar-refractivity contribution in [3.05, 3.63) is 0 Å². The van der Waals surface area contributed by atoms with Gasteiger partial charge in [-0.25, -0.2) is 4.79 Å². The number of alkyl halides is 3. The van der Waals surface area contributed by atoms with E-state index in [4.69, 9.17) is 9.84 Å². The van der Waals surface area contributed by atoms with E-state index in [9.17, 15) is 22.8 Å². The fraction of sp³-hybridized carbons (Fsp3) is 0.778. The highest BCUT2D eigenvalue weighted by atomic mass is 19.4. The quantitative estimate of drug-likeness (QED) is 0.774. The maximum atomic E-state index is 12.0. The lowest BCUT2D eigenvalue weighted by Gasteiger charge is -2.18. The van der Waals surface area contributed by atoms with Crippen molar-refractivity contribution < 1.29 is 32.6 Å². The fourth-order valence-electron chi connectivity index (χ4n) is 1.55. The summed E-state index contributed by atoms with van der Waals surface area (Å²) in [6, 6.07) is -1.58. The van der Waals surface area contributed by atoms with Crippen LogP contribution in [0.3, 0.4) is 0 Å². The van der Waals surface area contributed by atoms with Gasteiger partial charge in [0.1, 0.15) is 6.04 Å². The number of nitrogens with one attached hydrogen (secondary N) is 1. The van der Waals surface area contributed by atoms with Crippen LogP contribution in [0.2, 0.25) is 0 Å². The van der Waals surface area contributed by atoms with Crippen LogP contribution in [0, 0.1) is 0 Å². The third-order valence-electron chi connectivity index (χ3n) is 2.38. The molecule has 1 aliphatic rings. The SMILES string of the molecule is O=C(O)[C@H](C[C@@H]1CCCO1)NC(=O)C(F)(F)F. The molecule has 0 aliphatic carbocycles. The van der Waals surface area contributed by atoms with Crippen LogP contribution >= 0.6 is 0 Å². The molecule has 1 fully saturated rings. The van der Waals surface area contributed by atoms with E-state index in [1.807, 2.05) is 0 Å². The first-order valence-electron chi connectivity index (χ1n) is 5.03. The summed E-state index contributed by atoms with van der Waals surface area (Å²) in [6.07, 6.45) is -4.32. The number of carbonyl (C=O) groups excluding carboxylic acids is 1. The lowest BCUT2D eigenvalue weighted by atomic mass is 10.1. The minimum atomic E-state index is -5.08. The van der Waals surface area contributed by atoms with Crippen LogP contribution in [0.25, 0.3) is 0 Å². The number of carboxylic acid groups (broad SMARTS) is 1. The number of ether oxygens (including phenoxy) is 1. The van der Waals surface area contributed by atoms with Gasteiger partial charge in [-0.05, 0) is 12.8 Å². The van der Waals surface area contributed by atoms with Crippen LogP contribution < -0.4 is 5.32 Å². The second-order valence-electron chi connectivity index (χ2n) is 3.73. The predicted molar refractivity (Wildman–Crippen MR) is 49.2 cm³/mol. The molecule has 1 saturated heterocycles. The number of amides is 1. The van der Waals surface area contributed by atoms with Crippen LogP contribution in [0.5, 0.6) is 0 Å². The highest BCUT2D eigenvalue weighted by Gasteiger charge is 2.41. The molecule has 1 rings (SSSR count). The number of carbonyl (C=O) groups is 2. The normalized spacial score (nSPS) is 22.2. The van der Waals surface area contributed by atoms with Gasteiger partial charge in [-0.1, -0.05) is 0 Å². The Bertz CT molecular complexity index is 299. The van der Waals surface area contributed by atoms with Crippen molar-refractivity contribution in [2.24, 2.45) is 0 Å². The molecule has 17 heavy (non-hydrogen) atoms. The smallest absolute Gasteiger partial charge is 0.471 e. The predicted octanol–water partition coefficient (Wildman–Crippen LogP) is 0.687. The molecule has 8 heteroatoms. The summed E-state index contributed by atoms with van der Waals surface area (Å²) in [7, 11) is 0. The Balaban J connectivity index is 2.54. The molecule has 98 valence electrons. The molecule has 0 bridgehead atoms. The summed E-state index contributed by atoms with van der Waals surface area (Å²) in [4.78, 5) is 21.3. The van der Waals surface area contributed by atoms with Crippen molar-refractivity contribution in [3.8, 4) is 0 Å². The fourth-order valence-corrected chi connectivity index (χ4v) is 1.55. The molecule has 5 nitrogen and oxygen atoms in total. The number of hydrogen-bond donors (Lipinski definition) is 2. The van der Waals surface area contributed by atoms with E-state index >= 15 is 0 Å². The van der Waals surface area contributed by atoms with Crippen molar-refractivity contribution in [1.82, 2.24) is 5.32 Å². The first-order chi connectivity index (χ1) is 7.80. The highest BCUT2D eigenvalue weighted by molar-refractivity contribution is 5.86. The molecular formula is C9H12F3NO4. The van der Waals surface area contributed by atoms with Crippen LogP contribution in [-0.4, -0.2) is 41.9 Å². The van der Waals surface area contributed by atoms with Gasteiger partial charge in [0.05, 0.1) is 6.10 Å². The lowest BCUT2D eigenvalue weighted by Crippen LogP contribution is -2.48. The Kier molecular flexibility index (Phi) is 4.33. The summed E-state index contributed by atoms with van der Waals surface area (Å²) in [5, 5.41) is 10.2. The third kappa shape index (κ3) is 4.22. The Morgan fingerprint density at radius 2 is 2.12 bits per heavy atom. The van der Waals surface area contributed by atoms with Gasteiger partial charge < -0.3 is 15.2 Å². The molecule has 0 aromatic heterocycles. The zero-order valence-electron chi connectivity index (χ0n) is 8.79. The summed E-state index contributed by atoms with van der Waals surface area (Å²) < 4.78 is 41.0. The first-order valence-corrected chi connectivity index (χ1v) is 5.03. The Labute approximate surface area is 94.9 Å². The first kappa shape index (κ1) is 13.8. The summed E-state index contributed by atoms with van der Waals surface area (Å²) in [5.41, 5.74) is 0. The maximum Gasteiger partial charge on any atom is 0.471 e.